The molecule has 0 atom stereocenters. The lowest BCUT2D eigenvalue weighted by Gasteiger charge is -2.13. The molecule has 0 heterocycles. The molecule has 13 heavy (non-hydrogen) atoms. The maximum Gasteiger partial charge on any atom is 0.0930 e. The van der Waals surface area contributed by atoms with Crippen molar-refractivity contribution in [1.29, 1.82) is 0 Å². The summed E-state index contributed by atoms with van der Waals surface area (Å²) in [6.07, 6.45) is 5.23. The molecule has 1 heteroatoms. The first-order valence-corrected chi connectivity index (χ1v) is 4.42. The molecule has 0 unspecified atom stereocenters. The molecule has 1 nitrogen and oxygen atoms in total. The summed E-state index contributed by atoms with van der Waals surface area (Å²) in [7, 11) is 0. The minimum atomic E-state index is 0.485. The molecule has 0 bridgehead atoms. The van der Waals surface area contributed by atoms with Crippen LogP contribution in [0.25, 0.3) is 6.08 Å². The van der Waals surface area contributed by atoms with Crippen LogP contribution >= 0.6 is 0 Å². The molecule has 0 radical (unpaired) electrons. The van der Waals surface area contributed by atoms with E-state index in [0.29, 0.717) is 12.2 Å². The second-order valence-electron chi connectivity index (χ2n) is 3.31. The smallest absolute Gasteiger partial charge is 0.0930 e. The quantitative estimate of drug-likeness (QED) is 0.690. The van der Waals surface area contributed by atoms with Crippen molar-refractivity contribution in [3.05, 3.63) is 53.3 Å². The molecule has 2 rings (SSSR count). The topological polar surface area (TPSA) is 20.2 Å². The summed E-state index contributed by atoms with van der Waals surface area (Å²) >= 11 is 0. The van der Waals surface area contributed by atoms with E-state index in [1.165, 1.54) is 11.1 Å². The van der Waals surface area contributed by atoms with E-state index in [4.69, 9.17) is 0 Å². The van der Waals surface area contributed by atoms with Crippen LogP contribution in [0.3, 0.4) is 0 Å². The van der Waals surface area contributed by atoms with Gasteiger partial charge in [-0.15, -0.1) is 0 Å². The fourth-order valence-electron chi connectivity index (χ4n) is 1.63. The van der Waals surface area contributed by atoms with E-state index in [9.17, 15) is 5.11 Å². The molecule has 66 valence electrons. The fraction of sp³-hybridized carbons (Fsp3) is 0.167. The van der Waals surface area contributed by atoms with Gasteiger partial charge in [0.15, 0.2) is 0 Å². The highest BCUT2D eigenvalue weighted by molar-refractivity contribution is 5.51. The third kappa shape index (κ3) is 1.50. The zero-order valence-corrected chi connectivity index (χ0v) is 7.46. The SMILES string of the molecule is C=Cc1ccc2c(c1)CC=C(O)C2. The van der Waals surface area contributed by atoms with Crippen LogP contribution in [0.5, 0.6) is 0 Å². The zero-order chi connectivity index (χ0) is 9.26. The predicted octanol–water partition coefficient (Wildman–Crippen LogP) is 2.87. The average molecular weight is 172 g/mol. The predicted molar refractivity (Wildman–Crippen MR) is 54.7 cm³/mol. The third-order valence-corrected chi connectivity index (χ3v) is 2.40. The standard InChI is InChI=1S/C12H12O/c1-2-9-3-4-11-8-12(13)6-5-10(11)7-9/h2-4,6-7,13H,1,5,8H2. The van der Waals surface area contributed by atoms with E-state index in [1.54, 1.807) is 0 Å². The highest BCUT2D eigenvalue weighted by Crippen LogP contribution is 2.21. The Morgan fingerprint density at radius 3 is 2.92 bits per heavy atom. The number of aliphatic hydroxyl groups excluding tert-OH is 1. The number of allylic oxidation sites excluding steroid dienone is 2. The summed E-state index contributed by atoms with van der Waals surface area (Å²) in [5, 5.41) is 9.32. The molecule has 1 aliphatic carbocycles. The van der Waals surface area contributed by atoms with Crippen LogP contribution in [0.4, 0.5) is 0 Å². The number of hydrogen-bond acceptors (Lipinski definition) is 1. The van der Waals surface area contributed by atoms with Gasteiger partial charge in [0, 0.05) is 6.42 Å². The van der Waals surface area contributed by atoms with Gasteiger partial charge in [-0.1, -0.05) is 30.9 Å². The summed E-state index contributed by atoms with van der Waals surface area (Å²) in [6.45, 7) is 3.73. The van der Waals surface area contributed by atoms with Gasteiger partial charge in [-0.3, -0.25) is 0 Å². The number of aliphatic hydroxyl groups is 1. The second kappa shape index (κ2) is 3.09. The fourth-order valence-corrected chi connectivity index (χ4v) is 1.63. The third-order valence-electron chi connectivity index (χ3n) is 2.40. The molecule has 0 aromatic heterocycles. The van der Waals surface area contributed by atoms with Crippen molar-refractivity contribution >= 4 is 6.08 Å². The van der Waals surface area contributed by atoms with Crippen molar-refractivity contribution in [2.75, 3.05) is 0 Å². The number of fused-ring (bicyclic) bond motifs is 1. The van der Waals surface area contributed by atoms with Gasteiger partial charge < -0.3 is 5.11 Å². The van der Waals surface area contributed by atoms with Gasteiger partial charge in [-0.25, -0.2) is 0 Å². The molecule has 0 fully saturated rings. The van der Waals surface area contributed by atoms with Crippen molar-refractivity contribution in [2.45, 2.75) is 12.8 Å². The molecular weight excluding hydrogens is 160 g/mol. The Labute approximate surface area is 78.0 Å². The van der Waals surface area contributed by atoms with Gasteiger partial charge in [0.2, 0.25) is 0 Å². The molecule has 1 aliphatic rings. The highest BCUT2D eigenvalue weighted by atomic mass is 16.3. The van der Waals surface area contributed by atoms with Crippen LogP contribution in [0.2, 0.25) is 0 Å². The van der Waals surface area contributed by atoms with E-state index >= 15 is 0 Å². The average Bonchev–Trinajstić information content (AvgIpc) is 2.17. The summed E-state index contributed by atoms with van der Waals surface area (Å²) in [6, 6.07) is 6.23. The Morgan fingerprint density at radius 2 is 2.15 bits per heavy atom. The summed E-state index contributed by atoms with van der Waals surface area (Å²) < 4.78 is 0. The monoisotopic (exact) mass is 172 g/mol. The summed E-state index contributed by atoms with van der Waals surface area (Å²) in [4.78, 5) is 0. The lowest BCUT2D eigenvalue weighted by atomic mass is 9.94. The van der Waals surface area contributed by atoms with Crippen LogP contribution in [0, 0.1) is 0 Å². The Hall–Kier alpha value is -1.50. The Balaban J connectivity index is 2.42. The molecule has 1 aromatic carbocycles. The first-order chi connectivity index (χ1) is 6.29. The highest BCUT2D eigenvalue weighted by Gasteiger charge is 2.09. The Kier molecular flexibility index (Phi) is 1.93. The minimum absolute atomic E-state index is 0.485. The van der Waals surface area contributed by atoms with E-state index in [-0.39, 0.29) is 0 Å². The van der Waals surface area contributed by atoms with Gasteiger partial charge in [-0.05, 0) is 29.2 Å². The van der Waals surface area contributed by atoms with Crippen LogP contribution in [-0.2, 0) is 12.8 Å². The summed E-state index contributed by atoms with van der Waals surface area (Å²) in [5.74, 6) is 0.485. The largest absolute Gasteiger partial charge is 0.512 e. The Bertz CT molecular complexity index is 375. The van der Waals surface area contributed by atoms with E-state index in [1.807, 2.05) is 18.2 Å². The normalized spacial score (nSPS) is 14.6. The minimum Gasteiger partial charge on any atom is -0.512 e. The molecule has 0 saturated heterocycles. The first kappa shape index (κ1) is 8.11. The van der Waals surface area contributed by atoms with E-state index in [0.717, 1.165) is 12.0 Å². The van der Waals surface area contributed by atoms with Crippen LogP contribution < -0.4 is 0 Å². The van der Waals surface area contributed by atoms with Gasteiger partial charge in [-0.2, -0.15) is 0 Å². The van der Waals surface area contributed by atoms with E-state index < -0.39 is 0 Å². The maximum absolute atomic E-state index is 9.32. The number of rotatable bonds is 1. The van der Waals surface area contributed by atoms with E-state index in [2.05, 4.69) is 18.7 Å². The molecule has 1 N–H and O–H groups in total. The number of benzene rings is 1. The van der Waals surface area contributed by atoms with Crippen molar-refractivity contribution in [3.63, 3.8) is 0 Å². The van der Waals surface area contributed by atoms with Crippen molar-refractivity contribution in [1.82, 2.24) is 0 Å². The van der Waals surface area contributed by atoms with Gasteiger partial charge in [0.1, 0.15) is 0 Å². The maximum atomic E-state index is 9.32. The first-order valence-electron chi connectivity index (χ1n) is 4.42. The van der Waals surface area contributed by atoms with Crippen LogP contribution in [0.15, 0.2) is 36.6 Å². The van der Waals surface area contributed by atoms with Crippen LogP contribution in [-0.4, -0.2) is 5.11 Å². The number of hydrogen-bond donors (Lipinski definition) is 1. The van der Waals surface area contributed by atoms with Gasteiger partial charge in [0.05, 0.1) is 5.76 Å². The molecule has 0 spiro atoms. The second-order valence-corrected chi connectivity index (χ2v) is 3.31. The lowest BCUT2D eigenvalue weighted by molar-refractivity contribution is 0.393. The van der Waals surface area contributed by atoms with Gasteiger partial charge in [0.25, 0.3) is 0 Å². The van der Waals surface area contributed by atoms with Crippen LogP contribution in [0.1, 0.15) is 16.7 Å². The molecule has 1 aromatic rings. The van der Waals surface area contributed by atoms with Crippen molar-refractivity contribution < 1.29 is 5.11 Å². The van der Waals surface area contributed by atoms with Crippen molar-refractivity contribution in [2.24, 2.45) is 0 Å². The molecule has 0 amide bonds. The lowest BCUT2D eigenvalue weighted by Crippen LogP contribution is -2.02. The molecule has 0 aliphatic heterocycles. The zero-order valence-electron chi connectivity index (χ0n) is 7.46. The van der Waals surface area contributed by atoms with Gasteiger partial charge >= 0.3 is 0 Å². The molecule has 0 saturated carbocycles. The van der Waals surface area contributed by atoms with Crippen molar-refractivity contribution in [3.8, 4) is 0 Å². The summed E-state index contributed by atoms with van der Waals surface area (Å²) in [5.41, 5.74) is 3.68. The Morgan fingerprint density at radius 1 is 1.31 bits per heavy atom. The molecular formula is C12H12O.